The zero-order chi connectivity index (χ0) is 20.5. The summed E-state index contributed by atoms with van der Waals surface area (Å²) in [5.41, 5.74) is 1.04. The van der Waals surface area contributed by atoms with E-state index in [0.29, 0.717) is 31.0 Å². The van der Waals surface area contributed by atoms with Crippen LogP contribution in [0.1, 0.15) is 59.4 Å². The van der Waals surface area contributed by atoms with Crippen LogP contribution in [0.25, 0.3) is 0 Å². The molecule has 2 aliphatic rings. The van der Waals surface area contributed by atoms with Crippen LogP contribution in [0.15, 0.2) is 24.3 Å². The summed E-state index contributed by atoms with van der Waals surface area (Å²) >= 11 is 5.92. The molecule has 3 rings (SSSR count). The van der Waals surface area contributed by atoms with Gasteiger partial charge in [0.1, 0.15) is 6.10 Å². The predicted octanol–water partition coefficient (Wildman–Crippen LogP) is 6.13. The molecule has 5 unspecified atom stereocenters. The van der Waals surface area contributed by atoms with Crippen LogP contribution in [0.3, 0.4) is 0 Å². The lowest BCUT2D eigenvalue weighted by Gasteiger charge is -2.36. The number of esters is 1. The van der Waals surface area contributed by atoms with Crippen molar-refractivity contribution in [1.82, 2.24) is 0 Å². The van der Waals surface area contributed by atoms with Gasteiger partial charge in [-0.15, -0.1) is 0 Å². The summed E-state index contributed by atoms with van der Waals surface area (Å²) in [4.78, 5) is 13.0. The Balaban J connectivity index is 1.52. The molecule has 0 radical (unpaired) electrons. The van der Waals surface area contributed by atoms with Gasteiger partial charge in [-0.05, 0) is 53.7 Å². The van der Waals surface area contributed by atoms with E-state index < -0.39 is 0 Å². The number of ether oxygens (including phenoxy) is 2. The van der Waals surface area contributed by atoms with Crippen LogP contribution in [0, 0.1) is 35.0 Å². The Kier molecular flexibility index (Phi) is 6.76. The maximum absolute atomic E-state index is 13.0. The zero-order valence-corrected chi connectivity index (χ0v) is 18.7. The molecule has 0 aliphatic heterocycles. The highest BCUT2D eigenvalue weighted by molar-refractivity contribution is 6.30. The molecule has 1 aromatic carbocycles. The number of hydrogen-bond donors (Lipinski definition) is 0. The standard InChI is InChI=1S/C24H35ClO3/c1-15(2)19-11-6-16(3)12-21(19)28-23(26)22-20(24(22,4)5)14-27-13-17-7-9-18(25)10-8-17/h7-10,15-16,19-22H,6,11-14H2,1-5H3. The highest BCUT2D eigenvalue weighted by Crippen LogP contribution is 2.59. The number of rotatable bonds is 7. The first-order valence-corrected chi connectivity index (χ1v) is 11.1. The van der Waals surface area contributed by atoms with E-state index in [2.05, 4.69) is 34.6 Å². The van der Waals surface area contributed by atoms with E-state index in [1.807, 2.05) is 24.3 Å². The average Bonchev–Trinajstić information content (AvgIpc) is 3.17. The van der Waals surface area contributed by atoms with E-state index in [-0.39, 0.29) is 29.3 Å². The first kappa shape index (κ1) is 21.6. The molecule has 0 bridgehead atoms. The van der Waals surface area contributed by atoms with Gasteiger partial charge in [-0.2, -0.15) is 0 Å². The fourth-order valence-corrected chi connectivity index (χ4v) is 5.01. The molecule has 0 saturated heterocycles. The normalized spacial score (nSPS) is 31.6. The van der Waals surface area contributed by atoms with Crippen LogP contribution in [0.4, 0.5) is 0 Å². The van der Waals surface area contributed by atoms with Crippen LogP contribution < -0.4 is 0 Å². The largest absolute Gasteiger partial charge is 0.462 e. The molecule has 28 heavy (non-hydrogen) atoms. The van der Waals surface area contributed by atoms with E-state index in [4.69, 9.17) is 21.1 Å². The Hall–Kier alpha value is -1.06. The smallest absolute Gasteiger partial charge is 0.310 e. The first-order valence-electron chi connectivity index (χ1n) is 10.7. The summed E-state index contributed by atoms with van der Waals surface area (Å²) < 4.78 is 12.0. The Bertz CT molecular complexity index is 667. The van der Waals surface area contributed by atoms with E-state index in [1.54, 1.807) is 0 Å². The van der Waals surface area contributed by atoms with Crippen molar-refractivity contribution in [2.24, 2.45) is 35.0 Å². The van der Waals surface area contributed by atoms with Gasteiger partial charge in [0.05, 0.1) is 19.1 Å². The van der Waals surface area contributed by atoms with Gasteiger partial charge in [-0.1, -0.05) is 64.8 Å². The quantitative estimate of drug-likeness (QED) is 0.510. The summed E-state index contributed by atoms with van der Waals surface area (Å²) in [6.45, 7) is 12.2. The van der Waals surface area contributed by atoms with Crippen molar-refractivity contribution in [1.29, 1.82) is 0 Å². The second kappa shape index (κ2) is 8.75. The molecule has 5 atom stereocenters. The lowest BCUT2D eigenvalue weighted by Crippen LogP contribution is -2.36. The van der Waals surface area contributed by atoms with Crippen molar-refractivity contribution >= 4 is 17.6 Å². The maximum Gasteiger partial charge on any atom is 0.310 e. The molecular weight excluding hydrogens is 372 g/mol. The minimum absolute atomic E-state index is 0.0187. The van der Waals surface area contributed by atoms with Crippen molar-refractivity contribution in [3.63, 3.8) is 0 Å². The minimum atomic E-state index is -0.0530. The number of carbonyl (C=O) groups excluding carboxylic acids is 1. The second-order valence-corrected chi connectivity index (χ2v) is 10.3. The van der Waals surface area contributed by atoms with Gasteiger partial charge in [0.15, 0.2) is 0 Å². The van der Waals surface area contributed by atoms with Crippen LogP contribution in [0.5, 0.6) is 0 Å². The minimum Gasteiger partial charge on any atom is -0.462 e. The molecule has 0 N–H and O–H groups in total. The Morgan fingerprint density at radius 1 is 1.21 bits per heavy atom. The zero-order valence-electron chi connectivity index (χ0n) is 17.9. The van der Waals surface area contributed by atoms with Crippen LogP contribution in [-0.4, -0.2) is 18.7 Å². The first-order chi connectivity index (χ1) is 13.2. The summed E-state index contributed by atoms with van der Waals surface area (Å²) in [5, 5.41) is 0.728. The molecule has 0 aromatic heterocycles. The molecule has 2 aliphatic carbocycles. The van der Waals surface area contributed by atoms with Crippen molar-refractivity contribution < 1.29 is 14.3 Å². The van der Waals surface area contributed by atoms with Gasteiger partial charge in [-0.3, -0.25) is 4.79 Å². The highest BCUT2D eigenvalue weighted by Gasteiger charge is 2.63. The summed E-state index contributed by atoms with van der Waals surface area (Å²) in [6, 6.07) is 7.69. The maximum atomic E-state index is 13.0. The highest BCUT2D eigenvalue weighted by atomic mass is 35.5. The summed E-state index contributed by atoms with van der Waals surface area (Å²) in [5.74, 6) is 1.83. The number of halogens is 1. The third kappa shape index (κ3) is 4.91. The fraction of sp³-hybridized carbons (Fsp3) is 0.708. The monoisotopic (exact) mass is 406 g/mol. The Labute approximate surface area is 175 Å². The van der Waals surface area contributed by atoms with E-state index in [1.165, 1.54) is 12.8 Å². The third-order valence-electron chi connectivity index (χ3n) is 7.01. The predicted molar refractivity (Wildman–Crippen MR) is 113 cm³/mol. The van der Waals surface area contributed by atoms with Gasteiger partial charge >= 0.3 is 5.97 Å². The summed E-state index contributed by atoms with van der Waals surface area (Å²) in [6.07, 6.45) is 3.48. The van der Waals surface area contributed by atoms with Crippen molar-refractivity contribution in [2.45, 2.75) is 66.6 Å². The van der Waals surface area contributed by atoms with Crippen LogP contribution in [0.2, 0.25) is 5.02 Å². The molecule has 1 aromatic rings. The molecule has 3 nitrogen and oxygen atoms in total. The van der Waals surface area contributed by atoms with Crippen molar-refractivity contribution in [2.75, 3.05) is 6.61 Å². The average molecular weight is 407 g/mol. The summed E-state index contributed by atoms with van der Waals surface area (Å²) in [7, 11) is 0. The SMILES string of the molecule is CC1CCC(C(C)C)C(OC(=O)C2C(COCc3ccc(Cl)cc3)C2(C)C)C1. The van der Waals surface area contributed by atoms with Gasteiger partial charge in [0.25, 0.3) is 0 Å². The molecule has 2 fully saturated rings. The Morgan fingerprint density at radius 3 is 2.54 bits per heavy atom. The van der Waals surface area contributed by atoms with E-state index in [0.717, 1.165) is 17.0 Å². The van der Waals surface area contributed by atoms with Crippen LogP contribution >= 0.6 is 11.6 Å². The molecular formula is C24H35ClO3. The number of carbonyl (C=O) groups is 1. The van der Waals surface area contributed by atoms with Gasteiger partial charge in [0, 0.05) is 10.9 Å². The molecule has 156 valence electrons. The lowest BCUT2D eigenvalue weighted by atomic mass is 9.75. The molecule has 0 heterocycles. The molecule has 4 heteroatoms. The Morgan fingerprint density at radius 2 is 1.89 bits per heavy atom. The second-order valence-electron chi connectivity index (χ2n) is 9.85. The van der Waals surface area contributed by atoms with E-state index in [9.17, 15) is 4.79 Å². The molecule has 0 amide bonds. The molecule has 0 spiro atoms. The van der Waals surface area contributed by atoms with E-state index >= 15 is 0 Å². The topological polar surface area (TPSA) is 35.5 Å². The number of benzene rings is 1. The van der Waals surface area contributed by atoms with Crippen molar-refractivity contribution in [3.05, 3.63) is 34.9 Å². The van der Waals surface area contributed by atoms with Crippen LogP contribution in [-0.2, 0) is 20.9 Å². The molecule has 2 saturated carbocycles. The lowest BCUT2D eigenvalue weighted by molar-refractivity contribution is -0.158. The van der Waals surface area contributed by atoms with Gasteiger partial charge in [0.2, 0.25) is 0 Å². The number of hydrogen-bond acceptors (Lipinski definition) is 3. The van der Waals surface area contributed by atoms with Gasteiger partial charge in [-0.25, -0.2) is 0 Å². The fourth-order valence-electron chi connectivity index (χ4n) is 4.88. The van der Waals surface area contributed by atoms with Crippen molar-refractivity contribution in [3.8, 4) is 0 Å². The van der Waals surface area contributed by atoms with Gasteiger partial charge < -0.3 is 9.47 Å². The third-order valence-corrected chi connectivity index (χ3v) is 7.26.